The van der Waals surface area contributed by atoms with E-state index in [0.717, 1.165) is 5.47 Å². The molecule has 0 saturated carbocycles. The molecule has 10 heteroatoms. The second-order valence-electron chi connectivity index (χ2n) is 10.6. The van der Waals surface area contributed by atoms with Crippen molar-refractivity contribution in [2.24, 2.45) is 0 Å². The zero-order valence-corrected chi connectivity index (χ0v) is 20.6. The van der Waals surface area contributed by atoms with E-state index in [4.69, 9.17) is 18.8 Å². The quantitative estimate of drug-likeness (QED) is 0.473. The summed E-state index contributed by atoms with van der Waals surface area (Å²) < 4.78 is 50.3. The molecule has 0 aliphatic carbocycles. The third-order valence-electron chi connectivity index (χ3n) is 6.67. The molecule has 0 radical (unpaired) electrons. The second kappa shape index (κ2) is 8.13. The maximum atomic E-state index is 13.7. The first-order valence-corrected chi connectivity index (χ1v) is 12.4. The van der Waals surface area contributed by atoms with E-state index in [0.29, 0.717) is 6.42 Å². The number of carbonyl (C=O) groups excluding carboxylic acids is 1. The first-order chi connectivity index (χ1) is 14.1. The standard InChI is InChI=1S/C21H36BNO7S/c1-18(2,3)28-17(24)21(10-14-27-15-11-21)31(25,26)23-12-8-16(9-13-23)22-29-19(4,5)20(6,7)30-22/h8H,9-15H2,1-7H3. The summed E-state index contributed by atoms with van der Waals surface area (Å²) >= 11 is 0. The predicted octanol–water partition coefficient (Wildman–Crippen LogP) is 2.47. The highest BCUT2D eigenvalue weighted by Gasteiger charge is 2.57. The van der Waals surface area contributed by atoms with Crippen molar-refractivity contribution < 1.29 is 32.0 Å². The molecule has 3 aliphatic rings. The lowest BCUT2D eigenvalue weighted by molar-refractivity contribution is -0.161. The number of hydrogen-bond donors (Lipinski definition) is 0. The van der Waals surface area contributed by atoms with Crippen molar-refractivity contribution in [1.82, 2.24) is 4.31 Å². The van der Waals surface area contributed by atoms with Gasteiger partial charge in [0.05, 0.1) is 11.2 Å². The van der Waals surface area contributed by atoms with Crippen molar-refractivity contribution in [2.75, 3.05) is 26.3 Å². The molecule has 0 aromatic heterocycles. The maximum absolute atomic E-state index is 13.7. The Bertz CT molecular complexity index is 822. The Morgan fingerprint density at radius 1 is 1.10 bits per heavy atom. The Kier molecular flexibility index (Phi) is 6.48. The molecular weight excluding hydrogens is 421 g/mol. The summed E-state index contributed by atoms with van der Waals surface area (Å²) in [5.41, 5.74) is -0.748. The van der Waals surface area contributed by atoms with Gasteiger partial charge in [0.15, 0.2) is 4.75 Å². The lowest BCUT2D eigenvalue weighted by Crippen LogP contribution is -2.58. The van der Waals surface area contributed by atoms with E-state index in [2.05, 4.69) is 0 Å². The molecular formula is C21H36BNO7S. The molecule has 8 nitrogen and oxygen atoms in total. The van der Waals surface area contributed by atoms with Gasteiger partial charge in [-0.25, -0.2) is 8.42 Å². The number of rotatable bonds is 4. The summed E-state index contributed by atoms with van der Waals surface area (Å²) in [6.45, 7) is 14.0. The van der Waals surface area contributed by atoms with Crippen LogP contribution in [0, 0.1) is 0 Å². The van der Waals surface area contributed by atoms with E-state index in [9.17, 15) is 13.2 Å². The molecule has 0 spiro atoms. The van der Waals surface area contributed by atoms with Crippen LogP contribution in [0.5, 0.6) is 0 Å². The smallest absolute Gasteiger partial charge is 0.459 e. The fourth-order valence-electron chi connectivity index (χ4n) is 3.98. The van der Waals surface area contributed by atoms with E-state index in [-0.39, 0.29) is 39.1 Å². The van der Waals surface area contributed by atoms with E-state index < -0.39 is 44.7 Å². The van der Waals surface area contributed by atoms with Gasteiger partial charge in [0.1, 0.15) is 5.60 Å². The molecule has 176 valence electrons. The van der Waals surface area contributed by atoms with Gasteiger partial charge >= 0.3 is 13.1 Å². The van der Waals surface area contributed by atoms with Gasteiger partial charge in [-0.2, -0.15) is 4.31 Å². The van der Waals surface area contributed by atoms with Gasteiger partial charge in [0, 0.05) is 39.1 Å². The van der Waals surface area contributed by atoms with Gasteiger partial charge in [0.2, 0.25) is 10.0 Å². The van der Waals surface area contributed by atoms with Gasteiger partial charge in [0.25, 0.3) is 0 Å². The van der Waals surface area contributed by atoms with Gasteiger partial charge < -0.3 is 18.8 Å². The van der Waals surface area contributed by atoms with Crippen molar-refractivity contribution in [3.05, 3.63) is 11.5 Å². The second-order valence-corrected chi connectivity index (χ2v) is 12.8. The van der Waals surface area contributed by atoms with Crippen molar-refractivity contribution in [2.45, 2.75) is 89.3 Å². The lowest BCUT2D eigenvalue weighted by atomic mass is 9.75. The summed E-state index contributed by atoms with van der Waals surface area (Å²) in [5, 5.41) is 0. The van der Waals surface area contributed by atoms with Gasteiger partial charge in [-0.05, 0) is 60.4 Å². The average molecular weight is 457 g/mol. The SMILES string of the molecule is CC(C)(C)OC(=O)C1(S(=O)(=O)N2CC=C(B3OC(C)(C)C(C)(C)O3)CC2)CCOCC1. The molecule has 3 aliphatic heterocycles. The van der Waals surface area contributed by atoms with Crippen LogP contribution in [0.15, 0.2) is 11.5 Å². The van der Waals surface area contributed by atoms with Crippen molar-refractivity contribution in [3.8, 4) is 0 Å². The van der Waals surface area contributed by atoms with Gasteiger partial charge in [-0.15, -0.1) is 0 Å². The highest BCUT2D eigenvalue weighted by atomic mass is 32.2. The average Bonchev–Trinajstić information content (AvgIpc) is 2.88. The fourth-order valence-corrected chi connectivity index (χ4v) is 6.01. The molecule has 2 fully saturated rings. The lowest BCUT2D eigenvalue weighted by Gasteiger charge is -2.40. The zero-order chi connectivity index (χ0) is 23.3. The Labute approximate surface area is 186 Å². The van der Waals surface area contributed by atoms with Crippen LogP contribution in [0.25, 0.3) is 0 Å². The largest absolute Gasteiger partial charge is 0.490 e. The monoisotopic (exact) mass is 457 g/mol. The molecule has 0 bridgehead atoms. The zero-order valence-electron chi connectivity index (χ0n) is 19.8. The third-order valence-corrected chi connectivity index (χ3v) is 9.24. The minimum Gasteiger partial charge on any atom is -0.459 e. The van der Waals surface area contributed by atoms with Crippen LogP contribution in [0.4, 0.5) is 0 Å². The Morgan fingerprint density at radius 2 is 1.65 bits per heavy atom. The molecule has 0 N–H and O–H groups in total. The van der Waals surface area contributed by atoms with E-state index in [1.165, 1.54) is 4.31 Å². The van der Waals surface area contributed by atoms with E-state index in [1.54, 1.807) is 20.8 Å². The molecule has 3 rings (SSSR count). The van der Waals surface area contributed by atoms with Crippen molar-refractivity contribution >= 4 is 23.1 Å². The fraction of sp³-hybridized carbons (Fsp3) is 0.857. The van der Waals surface area contributed by atoms with E-state index >= 15 is 0 Å². The normalized spacial score (nSPS) is 26.4. The van der Waals surface area contributed by atoms with Gasteiger partial charge in [-0.3, -0.25) is 4.79 Å². The molecule has 3 heterocycles. The van der Waals surface area contributed by atoms with Crippen LogP contribution in [-0.4, -0.2) is 73.7 Å². The first kappa shape index (κ1) is 24.7. The Balaban J connectivity index is 1.81. The van der Waals surface area contributed by atoms with Crippen LogP contribution in [0.3, 0.4) is 0 Å². The summed E-state index contributed by atoms with van der Waals surface area (Å²) in [5.74, 6) is -0.691. The molecule has 0 atom stereocenters. The first-order valence-electron chi connectivity index (χ1n) is 11.0. The molecule has 31 heavy (non-hydrogen) atoms. The predicted molar refractivity (Wildman–Crippen MR) is 118 cm³/mol. The molecule has 2 saturated heterocycles. The van der Waals surface area contributed by atoms with Crippen LogP contribution in [-0.2, 0) is 33.6 Å². The number of ether oxygens (including phenoxy) is 2. The number of sulfonamides is 1. The highest BCUT2D eigenvalue weighted by Crippen LogP contribution is 2.40. The Morgan fingerprint density at radius 3 is 2.10 bits per heavy atom. The van der Waals surface area contributed by atoms with Crippen LogP contribution >= 0.6 is 0 Å². The number of hydrogen-bond acceptors (Lipinski definition) is 7. The number of nitrogens with zero attached hydrogens (tertiary/aromatic N) is 1. The van der Waals surface area contributed by atoms with Crippen molar-refractivity contribution in [3.63, 3.8) is 0 Å². The minimum atomic E-state index is -3.96. The summed E-state index contributed by atoms with van der Waals surface area (Å²) in [4.78, 5) is 13.1. The van der Waals surface area contributed by atoms with E-state index in [1.807, 2.05) is 33.8 Å². The molecule has 0 unspecified atom stereocenters. The molecule has 0 aromatic rings. The third kappa shape index (κ3) is 4.60. The topological polar surface area (TPSA) is 91.4 Å². The molecule has 0 amide bonds. The highest BCUT2D eigenvalue weighted by molar-refractivity contribution is 7.91. The summed E-state index contributed by atoms with van der Waals surface area (Å²) in [7, 11) is -4.45. The van der Waals surface area contributed by atoms with Crippen LogP contribution in [0.2, 0.25) is 0 Å². The van der Waals surface area contributed by atoms with Crippen LogP contribution in [0.1, 0.15) is 67.7 Å². The van der Waals surface area contributed by atoms with Gasteiger partial charge in [-0.1, -0.05) is 6.08 Å². The van der Waals surface area contributed by atoms with Crippen molar-refractivity contribution in [1.29, 1.82) is 0 Å². The summed E-state index contributed by atoms with van der Waals surface area (Å²) in [6, 6.07) is 0. The molecule has 0 aromatic carbocycles. The Hall–Kier alpha value is -0.935. The van der Waals surface area contributed by atoms with Crippen LogP contribution < -0.4 is 0 Å². The minimum absolute atomic E-state index is 0.0918. The number of carbonyl (C=O) groups is 1. The summed E-state index contributed by atoms with van der Waals surface area (Å²) in [6.07, 6.45) is 2.52. The maximum Gasteiger partial charge on any atom is 0.490 e. The number of esters is 1.